The largest absolute Gasteiger partial charge is 0.507 e. The number of rotatable bonds is 6. The lowest BCUT2D eigenvalue weighted by Gasteiger charge is -2.10. The Bertz CT molecular complexity index is 762. The molecule has 6 nitrogen and oxygen atoms in total. The molecule has 3 N–H and O–H groups in total. The van der Waals surface area contributed by atoms with Crippen molar-refractivity contribution in [2.24, 2.45) is 5.10 Å². The molecule has 0 heterocycles. The van der Waals surface area contributed by atoms with Gasteiger partial charge in [0, 0.05) is 10.6 Å². The Hall–Kier alpha value is -2.73. The molecule has 0 unspecified atom stereocenters. The van der Waals surface area contributed by atoms with Crippen molar-refractivity contribution in [3.8, 4) is 11.5 Å². The number of nitrogens with one attached hydrogen (secondary N) is 2. The highest BCUT2D eigenvalue weighted by atomic mass is 35.5. The van der Waals surface area contributed by atoms with E-state index < -0.39 is 0 Å². The number of anilines is 1. The molecule has 7 heteroatoms. The number of methoxy groups -OCH3 is 1. The fourth-order valence-electron chi connectivity index (χ4n) is 2.01. The Morgan fingerprint density at radius 2 is 2.04 bits per heavy atom. The number of aromatic hydroxyl groups is 1. The molecule has 0 aliphatic rings. The standard InChI is InChI=1S/C17H18ClN3O3/c1-11(13-9-12(18)7-8-15(13)22)20-21-17(23)10-19-14-5-3-4-6-16(14)24-2/h3-9,19,22H,10H2,1-2H3,(H,21,23)/b20-11+. The number of hydrogen-bond donors (Lipinski definition) is 3. The number of phenolic OH excluding ortho intramolecular Hbond substituents is 1. The minimum Gasteiger partial charge on any atom is -0.507 e. The van der Waals surface area contributed by atoms with E-state index in [-0.39, 0.29) is 18.2 Å². The summed E-state index contributed by atoms with van der Waals surface area (Å²) in [5.74, 6) is 0.359. The third kappa shape index (κ3) is 4.63. The minimum atomic E-state index is -0.332. The lowest BCUT2D eigenvalue weighted by atomic mass is 10.1. The van der Waals surface area contributed by atoms with Gasteiger partial charge in [-0.15, -0.1) is 0 Å². The van der Waals surface area contributed by atoms with E-state index in [4.69, 9.17) is 16.3 Å². The van der Waals surface area contributed by atoms with Crippen LogP contribution in [-0.2, 0) is 4.79 Å². The second-order valence-corrected chi connectivity index (χ2v) is 5.38. The number of phenols is 1. The van der Waals surface area contributed by atoms with Gasteiger partial charge in [0.2, 0.25) is 0 Å². The maximum absolute atomic E-state index is 11.9. The number of hydrazone groups is 1. The fraction of sp³-hybridized carbons (Fsp3) is 0.176. The Morgan fingerprint density at radius 3 is 2.79 bits per heavy atom. The van der Waals surface area contributed by atoms with Gasteiger partial charge in [0.15, 0.2) is 0 Å². The molecule has 2 aromatic carbocycles. The summed E-state index contributed by atoms with van der Waals surface area (Å²) in [6.07, 6.45) is 0. The number of para-hydroxylation sites is 2. The summed E-state index contributed by atoms with van der Waals surface area (Å²) in [5, 5.41) is 17.2. The summed E-state index contributed by atoms with van der Waals surface area (Å²) in [7, 11) is 1.56. The van der Waals surface area contributed by atoms with Gasteiger partial charge >= 0.3 is 0 Å². The number of amides is 1. The molecule has 0 saturated carbocycles. The van der Waals surface area contributed by atoms with Gasteiger partial charge in [0.25, 0.3) is 5.91 Å². The Kier molecular flexibility index (Phi) is 6.03. The van der Waals surface area contributed by atoms with Crippen molar-refractivity contribution in [2.75, 3.05) is 19.0 Å². The van der Waals surface area contributed by atoms with Crippen LogP contribution >= 0.6 is 11.6 Å². The molecule has 0 bridgehead atoms. The first-order valence-corrected chi connectivity index (χ1v) is 7.58. The van der Waals surface area contributed by atoms with Gasteiger partial charge in [0.05, 0.1) is 25.1 Å². The molecule has 0 saturated heterocycles. The van der Waals surface area contributed by atoms with Gasteiger partial charge in [-0.05, 0) is 37.3 Å². The lowest BCUT2D eigenvalue weighted by molar-refractivity contribution is -0.119. The highest BCUT2D eigenvalue weighted by Gasteiger charge is 2.07. The number of carbonyl (C=O) groups is 1. The third-order valence-corrected chi connectivity index (χ3v) is 3.48. The summed E-state index contributed by atoms with van der Waals surface area (Å²) in [5.41, 5.74) is 4.04. The van der Waals surface area contributed by atoms with Gasteiger partial charge in [0.1, 0.15) is 11.5 Å². The smallest absolute Gasteiger partial charge is 0.259 e. The zero-order valence-electron chi connectivity index (χ0n) is 13.3. The van der Waals surface area contributed by atoms with Crippen molar-refractivity contribution in [3.63, 3.8) is 0 Å². The molecule has 2 rings (SSSR count). The SMILES string of the molecule is COc1ccccc1NCC(=O)N/N=C(\C)c1cc(Cl)ccc1O. The summed E-state index contributed by atoms with van der Waals surface area (Å²) >= 11 is 5.89. The van der Waals surface area contributed by atoms with Gasteiger partial charge < -0.3 is 15.2 Å². The van der Waals surface area contributed by atoms with E-state index in [0.717, 1.165) is 0 Å². The van der Waals surface area contributed by atoms with Crippen LogP contribution < -0.4 is 15.5 Å². The third-order valence-electron chi connectivity index (χ3n) is 3.24. The first kappa shape index (κ1) is 17.6. The van der Waals surface area contributed by atoms with Crippen LogP contribution in [0.3, 0.4) is 0 Å². The van der Waals surface area contributed by atoms with E-state index in [0.29, 0.717) is 27.7 Å². The number of hydrogen-bond acceptors (Lipinski definition) is 5. The highest BCUT2D eigenvalue weighted by molar-refractivity contribution is 6.31. The van der Waals surface area contributed by atoms with Crippen LogP contribution in [0.25, 0.3) is 0 Å². The van der Waals surface area contributed by atoms with E-state index in [1.807, 2.05) is 18.2 Å². The molecule has 0 atom stereocenters. The summed E-state index contributed by atoms with van der Waals surface area (Å²) in [6, 6.07) is 11.9. The predicted molar refractivity (Wildman–Crippen MR) is 95.0 cm³/mol. The van der Waals surface area contributed by atoms with Gasteiger partial charge in [-0.25, -0.2) is 5.43 Å². The molecule has 0 spiro atoms. The predicted octanol–water partition coefficient (Wildman–Crippen LogP) is 3.01. The Morgan fingerprint density at radius 1 is 1.29 bits per heavy atom. The van der Waals surface area contributed by atoms with E-state index in [9.17, 15) is 9.90 Å². The molecule has 0 aliphatic heterocycles. The van der Waals surface area contributed by atoms with Crippen molar-refractivity contribution in [3.05, 3.63) is 53.1 Å². The maximum Gasteiger partial charge on any atom is 0.259 e. The second kappa shape index (κ2) is 8.21. The Labute approximate surface area is 145 Å². The summed E-state index contributed by atoms with van der Waals surface area (Å²) in [4.78, 5) is 11.9. The molecule has 0 aliphatic carbocycles. The summed E-state index contributed by atoms with van der Waals surface area (Å²) in [6.45, 7) is 1.69. The first-order valence-electron chi connectivity index (χ1n) is 7.20. The van der Waals surface area contributed by atoms with E-state index >= 15 is 0 Å². The number of halogens is 1. The number of ether oxygens (including phenoxy) is 1. The van der Waals surface area contributed by atoms with Crippen LogP contribution in [0.4, 0.5) is 5.69 Å². The van der Waals surface area contributed by atoms with Crippen molar-refractivity contribution >= 4 is 28.9 Å². The second-order valence-electron chi connectivity index (χ2n) is 4.95. The Balaban J connectivity index is 1.96. The van der Waals surface area contributed by atoms with Crippen molar-refractivity contribution < 1.29 is 14.6 Å². The minimum absolute atomic E-state index is 0.0265. The average Bonchev–Trinajstić information content (AvgIpc) is 2.60. The van der Waals surface area contributed by atoms with Gasteiger partial charge in [-0.3, -0.25) is 4.79 Å². The normalized spacial score (nSPS) is 11.0. The van der Waals surface area contributed by atoms with Crippen LogP contribution in [0, 0.1) is 0 Å². The molecule has 0 radical (unpaired) electrons. The number of nitrogens with zero attached hydrogens (tertiary/aromatic N) is 1. The number of benzene rings is 2. The molecule has 126 valence electrons. The lowest BCUT2D eigenvalue weighted by Crippen LogP contribution is -2.26. The molecule has 2 aromatic rings. The number of carbonyl (C=O) groups excluding carboxylic acids is 1. The molecule has 1 amide bonds. The fourth-order valence-corrected chi connectivity index (χ4v) is 2.18. The van der Waals surface area contributed by atoms with Crippen molar-refractivity contribution in [1.29, 1.82) is 0 Å². The average molecular weight is 348 g/mol. The van der Waals surface area contributed by atoms with Gasteiger partial charge in [-0.2, -0.15) is 5.10 Å². The van der Waals surface area contributed by atoms with Crippen LogP contribution in [-0.4, -0.2) is 30.4 Å². The van der Waals surface area contributed by atoms with Crippen molar-refractivity contribution in [1.82, 2.24) is 5.43 Å². The summed E-state index contributed by atoms with van der Waals surface area (Å²) < 4.78 is 5.20. The zero-order valence-corrected chi connectivity index (χ0v) is 14.1. The first-order chi connectivity index (χ1) is 11.5. The van der Waals surface area contributed by atoms with Crippen molar-refractivity contribution in [2.45, 2.75) is 6.92 Å². The molecule has 24 heavy (non-hydrogen) atoms. The van der Waals surface area contributed by atoms with Crippen LogP contribution in [0.15, 0.2) is 47.6 Å². The van der Waals surface area contributed by atoms with E-state index in [1.54, 1.807) is 32.2 Å². The van der Waals surface area contributed by atoms with E-state index in [2.05, 4.69) is 15.8 Å². The highest BCUT2D eigenvalue weighted by Crippen LogP contribution is 2.23. The zero-order chi connectivity index (χ0) is 17.5. The monoisotopic (exact) mass is 347 g/mol. The topological polar surface area (TPSA) is 83.0 Å². The van der Waals surface area contributed by atoms with Crippen LogP contribution in [0.1, 0.15) is 12.5 Å². The molecule has 0 fully saturated rings. The van der Waals surface area contributed by atoms with Crippen LogP contribution in [0.5, 0.6) is 11.5 Å². The van der Waals surface area contributed by atoms with Gasteiger partial charge in [-0.1, -0.05) is 23.7 Å². The van der Waals surface area contributed by atoms with E-state index in [1.165, 1.54) is 6.07 Å². The molecule has 0 aromatic heterocycles. The quantitative estimate of drug-likeness (QED) is 0.554. The molecular formula is C17H18ClN3O3. The maximum atomic E-state index is 11.9. The molecular weight excluding hydrogens is 330 g/mol. The van der Waals surface area contributed by atoms with Crippen LogP contribution in [0.2, 0.25) is 5.02 Å².